The van der Waals surface area contributed by atoms with E-state index in [2.05, 4.69) is 0 Å². The maximum absolute atomic E-state index is 11.5. The van der Waals surface area contributed by atoms with Crippen LogP contribution in [0.25, 0.3) is 0 Å². The van der Waals surface area contributed by atoms with Gasteiger partial charge in [0.25, 0.3) is 0 Å². The molecule has 0 bridgehead atoms. The van der Waals surface area contributed by atoms with E-state index in [1.165, 1.54) is 0 Å². The molecular weight excluding hydrogens is 178 g/mol. The summed E-state index contributed by atoms with van der Waals surface area (Å²) < 4.78 is 5.11. The SMILES string of the molecule is NC[C@@H]1C[C@@H](c2ccccc2)C(=O)O1. The topological polar surface area (TPSA) is 52.3 Å². The van der Waals surface area contributed by atoms with E-state index in [1.54, 1.807) is 0 Å². The molecule has 1 heterocycles. The first kappa shape index (κ1) is 9.21. The molecular formula is C11H13NO2. The van der Waals surface area contributed by atoms with Crippen LogP contribution in [0.2, 0.25) is 0 Å². The molecule has 0 radical (unpaired) electrons. The summed E-state index contributed by atoms with van der Waals surface area (Å²) in [5.41, 5.74) is 6.48. The third-order valence-corrected chi connectivity index (χ3v) is 2.53. The maximum Gasteiger partial charge on any atom is 0.313 e. The Kier molecular flexibility index (Phi) is 2.50. The number of carbonyl (C=O) groups excluding carboxylic acids is 1. The molecule has 1 aliphatic heterocycles. The van der Waals surface area contributed by atoms with E-state index in [0.29, 0.717) is 13.0 Å². The van der Waals surface area contributed by atoms with Crippen molar-refractivity contribution in [3.05, 3.63) is 35.9 Å². The fourth-order valence-corrected chi connectivity index (χ4v) is 1.76. The fourth-order valence-electron chi connectivity index (χ4n) is 1.76. The molecule has 0 aliphatic carbocycles. The maximum atomic E-state index is 11.5. The minimum atomic E-state index is -0.147. The summed E-state index contributed by atoms with van der Waals surface area (Å²) in [5.74, 6) is -0.267. The molecule has 2 N–H and O–H groups in total. The van der Waals surface area contributed by atoms with Crippen molar-refractivity contribution in [1.82, 2.24) is 0 Å². The van der Waals surface area contributed by atoms with Crippen LogP contribution in [0, 0.1) is 0 Å². The van der Waals surface area contributed by atoms with E-state index < -0.39 is 0 Å². The molecule has 3 heteroatoms. The standard InChI is InChI=1S/C11H13NO2/c12-7-9-6-10(11(13)14-9)8-4-2-1-3-5-8/h1-5,9-10H,6-7,12H2/t9-,10-/m0/s1. The number of carbonyl (C=O) groups is 1. The molecule has 1 aromatic rings. The fraction of sp³-hybridized carbons (Fsp3) is 0.364. The lowest BCUT2D eigenvalue weighted by atomic mass is 9.96. The Morgan fingerprint density at radius 1 is 1.36 bits per heavy atom. The molecule has 1 aliphatic rings. The van der Waals surface area contributed by atoms with E-state index in [9.17, 15) is 4.79 Å². The zero-order valence-corrected chi connectivity index (χ0v) is 7.85. The molecule has 0 spiro atoms. The largest absolute Gasteiger partial charge is 0.461 e. The van der Waals surface area contributed by atoms with E-state index in [-0.39, 0.29) is 18.0 Å². The average molecular weight is 191 g/mol. The van der Waals surface area contributed by atoms with E-state index in [0.717, 1.165) is 5.56 Å². The Bertz CT molecular complexity index is 323. The Balaban J connectivity index is 2.17. The number of nitrogens with two attached hydrogens (primary N) is 1. The van der Waals surface area contributed by atoms with Gasteiger partial charge in [0, 0.05) is 13.0 Å². The van der Waals surface area contributed by atoms with Gasteiger partial charge < -0.3 is 10.5 Å². The second-order valence-corrected chi connectivity index (χ2v) is 3.49. The minimum Gasteiger partial charge on any atom is -0.461 e. The molecule has 74 valence electrons. The van der Waals surface area contributed by atoms with Gasteiger partial charge in [-0.2, -0.15) is 0 Å². The predicted octanol–water partition coefficient (Wildman–Crippen LogP) is 1.04. The molecule has 1 saturated heterocycles. The van der Waals surface area contributed by atoms with Crippen LogP contribution in [0.1, 0.15) is 17.9 Å². The summed E-state index contributed by atoms with van der Waals surface area (Å²) in [6, 6.07) is 9.69. The van der Waals surface area contributed by atoms with Gasteiger partial charge in [-0.25, -0.2) is 0 Å². The van der Waals surface area contributed by atoms with Gasteiger partial charge in [-0.05, 0) is 5.56 Å². The number of hydrogen-bond donors (Lipinski definition) is 1. The Morgan fingerprint density at radius 2 is 2.07 bits per heavy atom. The molecule has 14 heavy (non-hydrogen) atoms. The van der Waals surface area contributed by atoms with Crippen LogP contribution in [0.3, 0.4) is 0 Å². The molecule has 1 aromatic carbocycles. The Morgan fingerprint density at radius 3 is 2.64 bits per heavy atom. The highest BCUT2D eigenvalue weighted by Crippen LogP contribution is 2.29. The third-order valence-electron chi connectivity index (χ3n) is 2.53. The highest BCUT2D eigenvalue weighted by molar-refractivity contribution is 5.80. The van der Waals surface area contributed by atoms with Crippen molar-refractivity contribution in [2.24, 2.45) is 5.73 Å². The number of rotatable bonds is 2. The molecule has 0 amide bonds. The van der Waals surface area contributed by atoms with Gasteiger partial charge in [0.15, 0.2) is 0 Å². The van der Waals surface area contributed by atoms with Crippen molar-refractivity contribution < 1.29 is 9.53 Å². The lowest BCUT2D eigenvalue weighted by molar-refractivity contribution is -0.142. The number of cyclic esters (lactones) is 1. The van der Waals surface area contributed by atoms with Gasteiger partial charge in [0.05, 0.1) is 5.92 Å². The van der Waals surface area contributed by atoms with Gasteiger partial charge in [-0.3, -0.25) is 4.79 Å². The van der Waals surface area contributed by atoms with Crippen LogP contribution in [0.4, 0.5) is 0 Å². The van der Waals surface area contributed by atoms with Crippen LogP contribution >= 0.6 is 0 Å². The summed E-state index contributed by atoms with van der Waals surface area (Å²) in [6.07, 6.45) is 0.604. The first-order valence-electron chi connectivity index (χ1n) is 4.76. The van der Waals surface area contributed by atoms with Crippen LogP contribution < -0.4 is 5.73 Å². The van der Waals surface area contributed by atoms with E-state index >= 15 is 0 Å². The third kappa shape index (κ3) is 1.63. The Hall–Kier alpha value is -1.35. The minimum absolute atomic E-state index is 0.104. The van der Waals surface area contributed by atoms with Gasteiger partial charge in [-0.15, -0.1) is 0 Å². The van der Waals surface area contributed by atoms with Crippen molar-refractivity contribution >= 4 is 5.97 Å². The number of ether oxygens (including phenoxy) is 1. The molecule has 2 rings (SSSR count). The zero-order valence-electron chi connectivity index (χ0n) is 7.85. The lowest BCUT2D eigenvalue weighted by Crippen LogP contribution is -2.18. The van der Waals surface area contributed by atoms with Crippen molar-refractivity contribution in [2.75, 3.05) is 6.54 Å². The summed E-state index contributed by atoms with van der Waals surface area (Å²) in [5, 5.41) is 0. The summed E-state index contributed by atoms with van der Waals surface area (Å²) in [4.78, 5) is 11.5. The molecule has 0 unspecified atom stereocenters. The van der Waals surface area contributed by atoms with Crippen LogP contribution in [-0.4, -0.2) is 18.6 Å². The number of esters is 1. The second-order valence-electron chi connectivity index (χ2n) is 3.49. The normalized spacial score (nSPS) is 26.2. The first-order chi connectivity index (χ1) is 6.81. The second kappa shape index (κ2) is 3.80. The molecule has 0 saturated carbocycles. The molecule has 3 nitrogen and oxygen atoms in total. The van der Waals surface area contributed by atoms with Gasteiger partial charge in [-0.1, -0.05) is 30.3 Å². The van der Waals surface area contributed by atoms with Crippen molar-refractivity contribution in [3.63, 3.8) is 0 Å². The smallest absolute Gasteiger partial charge is 0.313 e. The predicted molar refractivity (Wildman–Crippen MR) is 52.7 cm³/mol. The zero-order chi connectivity index (χ0) is 9.97. The molecule has 2 atom stereocenters. The van der Waals surface area contributed by atoms with Crippen molar-refractivity contribution in [1.29, 1.82) is 0 Å². The van der Waals surface area contributed by atoms with Gasteiger partial charge >= 0.3 is 5.97 Å². The van der Waals surface area contributed by atoms with Crippen molar-refractivity contribution in [3.8, 4) is 0 Å². The molecule has 0 aromatic heterocycles. The van der Waals surface area contributed by atoms with Gasteiger partial charge in [0.1, 0.15) is 6.10 Å². The Labute approximate surface area is 82.9 Å². The van der Waals surface area contributed by atoms with E-state index in [1.807, 2.05) is 30.3 Å². The van der Waals surface area contributed by atoms with Gasteiger partial charge in [0.2, 0.25) is 0 Å². The highest BCUT2D eigenvalue weighted by Gasteiger charge is 2.34. The number of benzene rings is 1. The van der Waals surface area contributed by atoms with Crippen molar-refractivity contribution in [2.45, 2.75) is 18.4 Å². The first-order valence-corrected chi connectivity index (χ1v) is 4.76. The van der Waals surface area contributed by atoms with Crippen LogP contribution in [0.15, 0.2) is 30.3 Å². The molecule has 1 fully saturated rings. The van der Waals surface area contributed by atoms with Crippen LogP contribution in [-0.2, 0) is 9.53 Å². The summed E-state index contributed by atoms with van der Waals surface area (Å²) >= 11 is 0. The monoisotopic (exact) mass is 191 g/mol. The summed E-state index contributed by atoms with van der Waals surface area (Å²) in [7, 11) is 0. The number of hydrogen-bond acceptors (Lipinski definition) is 3. The van der Waals surface area contributed by atoms with E-state index in [4.69, 9.17) is 10.5 Å². The lowest BCUT2D eigenvalue weighted by Gasteiger charge is -2.04. The highest BCUT2D eigenvalue weighted by atomic mass is 16.6. The average Bonchev–Trinajstić information content (AvgIpc) is 2.61. The van der Waals surface area contributed by atoms with Crippen LogP contribution in [0.5, 0.6) is 0 Å². The summed E-state index contributed by atoms with van der Waals surface area (Å²) in [6.45, 7) is 0.412. The quantitative estimate of drug-likeness (QED) is 0.711.